The van der Waals surface area contributed by atoms with Gasteiger partial charge in [0.2, 0.25) is 0 Å². The van der Waals surface area contributed by atoms with Gasteiger partial charge in [-0.3, -0.25) is 0 Å². The molecule has 4 heteroatoms. The van der Waals surface area contributed by atoms with Gasteiger partial charge in [-0.05, 0) is 25.1 Å². The van der Waals surface area contributed by atoms with Crippen LogP contribution in [0.3, 0.4) is 0 Å². The maximum absolute atomic E-state index is 5.41. The Morgan fingerprint density at radius 1 is 1.53 bits per heavy atom. The molecular formula is C13H21N3O. The summed E-state index contributed by atoms with van der Waals surface area (Å²) in [5.74, 6) is 1.04. The number of ether oxygens (including phenoxy) is 1. The van der Waals surface area contributed by atoms with Crippen LogP contribution in [0.1, 0.15) is 19.0 Å². The minimum absolute atomic E-state index is 0.469. The zero-order chi connectivity index (χ0) is 12.1. The van der Waals surface area contributed by atoms with Crippen molar-refractivity contribution in [3.63, 3.8) is 0 Å². The van der Waals surface area contributed by atoms with Crippen molar-refractivity contribution in [2.75, 3.05) is 31.7 Å². The van der Waals surface area contributed by atoms with Crippen LogP contribution in [0.15, 0.2) is 18.2 Å². The molecule has 1 aromatic rings. The van der Waals surface area contributed by atoms with Crippen LogP contribution in [0.5, 0.6) is 0 Å². The second-order valence-corrected chi connectivity index (χ2v) is 4.40. The van der Waals surface area contributed by atoms with E-state index in [1.165, 1.54) is 0 Å². The first-order chi connectivity index (χ1) is 8.31. The molecule has 0 saturated carbocycles. The van der Waals surface area contributed by atoms with E-state index < -0.39 is 0 Å². The molecule has 0 aromatic carbocycles. The maximum Gasteiger partial charge on any atom is 0.128 e. The van der Waals surface area contributed by atoms with Gasteiger partial charge in [-0.15, -0.1) is 0 Å². The Balaban J connectivity index is 2.03. The van der Waals surface area contributed by atoms with E-state index in [0.717, 1.165) is 44.2 Å². The number of rotatable bonds is 5. The van der Waals surface area contributed by atoms with Crippen LogP contribution in [0.25, 0.3) is 0 Å². The maximum atomic E-state index is 5.41. The largest absolute Gasteiger partial charge is 0.379 e. The zero-order valence-electron chi connectivity index (χ0n) is 10.6. The lowest BCUT2D eigenvalue weighted by atomic mass is 10.2. The Labute approximate surface area is 103 Å². The Bertz CT molecular complexity index is 350. The molecular weight excluding hydrogens is 214 g/mol. The molecule has 1 saturated heterocycles. The number of pyridine rings is 1. The fourth-order valence-corrected chi connectivity index (χ4v) is 2.03. The van der Waals surface area contributed by atoms with Gasteiger partial charge in [0.05, 0.1) is 18.3 Å². The first-order valence-corrected chi connectivity index (χ1v) is 6.28. The van der Waals surface area contributed by atoms with Crippen molar-refractivity contribution in [1.82, 2.24) is 10.3 Å². The standard InChI is InChI=1S/C13H21N3O/c1-3-14-9-11-5-4-6-13(15-11)16(2)12-7-8-17-10-12/h4-6,12,14H,3,7-10H2,1-2H3. The summed E-state index contributed by atoms with van der Waals surface area (Å²) in [4.78, 5) is 6.89. The van der Waals surface area contributed by atoms with Crippen molar-refractivity contribution in [3.05, 3.63) is 23.9 Å². The van der Waals surface area contributed by atoms with Crippen molar-refractivity contribution in [3.8, 4) is 0 Å². The minimum atomic E-state index is 0.469. The van der Waals surface area contributed by atoms with Crippen molar-refractivity contribution < 1.29 is 4.74 Å². The summed E-state index contributed by atoms with van der Waals surface area (Å²) in [6, 6.07) is 6.66. The minimum Gasteiger partial charge on any atom is -0.379 e. The summed E-state index contributed by atoms with van der Waals surface area (Å²) in [5, 5.41) is 3.29. The van der Waals surface area contributed by atoms with Crippen LogP contribution in [0.2, 0.25) is 0 Å². The topological polar surface area (TPSA) is 37.4 Å². The van der Waals surface area contributed by atoms with E-state index in [4.69, 9.17) is 4.74 Å². The quantitative estimate of drug-likeness (QED) is 0.837. The predicted octanol–water partition coefficient (Wildman–Crippen LogP) is 1.42. The summed E-state index contributed by atoms with van der Waals surface area (Å²) in [6.07, 6.45) is 1.09. The highest BCUT2D eigenvalue weighted by Crippen LogP contribution is 2.18. The number of nitrogens with one attached hydrogen (secondary N) is 1. The fraction of sp³-hybridized carbons (Fsp3) is 0.615. The average molecular weight is 235 g/mol. The molecule has 0 amide bonds. The van der Waals surface area contributed by atoms with E-state index >= 15 is 0 Å². The molecule has 0 spiro atoms. The Morgan fingerprint density at radius 3 is 3.12 bits per heavy atom. The summed E-state index contributed by atoms with van der Waals surface area (Å²) in [7, 11) is 2.10. The van der Waals surface area contributed by atoms with Crippen molar-refractivity contribution in [2.24, 2.45) is 0 Å². The van der Waals surface area contributed by atoms with Gasteiger partial charge in [-0.25, -0.2) is 4.98 Å². The number of hydrogen-bond acceptors (Lipinski definition) is 4. The molecule has 17 heavy (non-hydrogen) atoms. The zero-order valence-corrected chi connectivity index (χ0v) is 10.6. The molecule has 1 atom stereocenters. The highest BCUT2D eigenvalue weighted by Gasteiger charge is 2.21. The predicted molar refractivity (Wildman–Crippen MR) is 69.2 cm³/mol. The molecule has 1 aliphatic heterocycles. The summed E-state index contributed by atoms with van der Waals surface area (Å²) in [5.41, 5.74) is 1.09. The number of likely N-dealkylation sites (N-methyl/N-ethyl adjacent to an activating group) is 1. The number of hydrogen-bond donors (Lipinski definition) is 1. The first kappa shape index (κ1) is 12.3. The molecule has 0 aliphatic carbocycles. The number of nitrogens with zero attached hydrogens (tertiary/aromatic N) is 2. The van der Waals surface area contributed by atoms with Crippen LogP contribution < -0.4 is 10.2 Å². The first-order valence-electron chi connectivity index (χ1n) is 6.28. The Morgan fingerprint density at radius 2 is 2.41 bits per heavy atom. The Hall–Kier alpha value is -1.13. The molecule has 94 valence electrons. The summed E-state index contributed by atoms with van der Waals surface area (Å²) in [6.45, 7) is 5.59. The van der Waals surface area contributed by atoms with Gasteiger partial charge in [-0.2, -0.15) is 0 Å². The lowest BCUT2D eigenvalue weighted by molar-refractivity contribution is 0.193. The van der Waals surface area contributed by atoms with Gasteiger partial charge in [0.25, 0.3) is 0 Å². The molecule has 2 heterocycles. The second kappa shape index (κ2) is 5.98. The van der Waals surface area contributed by atoms with Crippen LogP contribution in [0.4, 0.5) is 5.82 Å². The molecule has 1 fully saturated rings. The van der Waals surface area contributed by atoms with E-state index in [2.05, 4.69) is 47.4 Å². The van der Waals surface area contributed by atoms with Crippen molar-refractivity contribution in [1.29, 1.82) is 0 Å². The summed E-state index contributed by atoms with van der Waals surface area (Å²) < 4.78 is 5.41. The molecule has 2 rings (SSSR count). The van der Waals surface area contributed by atoms with Gasteiger partial charge in [0.15, 0.2) is 0 Å². The average Bonchev–Trinajstić information content (AvgIpc) is 2.89. The highest BCUT2D eigenvalue weighted by molar-refractivity contribution is 5.39. The summed E-state index contributed by atoms with van der Waals surface area (Å²) >= 11 is 0. The lowest BCUT2D eigenvalue weighted by Gasteiger charge is -2.24. The van der Waals surface area contributed by atoms with Crippen molar-refractivity contribution >= 4 is 5.82 Å². The SMILES string of the molecule is CCNCc1cccc(N(C)C2CCOC2)n1. The molecule has 0 radical (unpaired) electrons. The highest BCUT2D eigenvalue weighted by atomic mass is 16.5. The monoisotopic (exact) mass is 235 g/mol. The fourth-order valence-electron chi connectivity index (χ4n) is 2.03. The van der Waals surface area contributed by atoms with Crippen molar-refractivity contribution in [2.45, 2.75) is 25.9 Å². The number of aromatic nitrogens is 1. The molecule has 1 aliphatic rings. The molecule has 1 unspecified atom stereocenters. The van der Waals surface area contributed by atoms with E-state index in [-0.39, 0.29) is 0 Å². The van der Waals surface area contributed by atoms with E-state index in [9.17, 15) is 0 Å². The lowest BCUT2D eigenvalue weighted by Crippen LogP contribution is -2.32. The molecule has 1 aromatic heterocycles. The van der Waals surface area contributed by atoms with E-state index in [1.54, 1.807) is 0 Å². The van der Waals surface area contributed by atoms with Gasteiger partial charge in [-0.1, -0.05) is 13.0 Å². The molecule has 1 N–H and O–H groups in total. The normalized spacial score (nSPS) is 19.5. The third-order valence-corrected chi connectivity index (χ3v) is 3.16. The van der Waals surface area contributed by atoms with Gasteiger partial charge < -0.3 is 15.0 Å². The van der Waals surface area contributed by atoms with Crippen LogP contribution in [0, 0.1) is 0 Å². The van der Waals surface area contributed by atoms with Crippen LogP contribution >= 0.6 is 0 Å². The van der Waals surface area contributed by atoms with E-state index in [0.29, 0.717) is 6.04 Å². The van der Waals surface area contributed by atoms with Crippen LogP contribution in [-0.2, 0) is 11.3 Å². The van der Waals surface area contributed by atoms with Gasteiger partial charge in [0, 0.05) is 20.2 Å². The Kier molecular flexibility index (Phi) is 4.34. The van der Waals surface area contributed by atoms with Gasteiger partial charge >= 0.3 is 0 Å². The molecule has 4 nitrogen and oxygen atoms in total. The smallest absolute Gasteiger partial charge is 0.128 e. The van der Waals surface area contributed by atoms with Gasteiger partial charge in [0.1, 0.15) is 5.82 Å². The number of anilines is 1. The van der Waals surface area contributed by atoms with Crippen LogP contribution in [-0.4, -0.2) is 37.8 Å². The van der Waals surface area contributed by atoms with E-state index in [1.807, 2.05) is 0 Å². The third kappa shape index (κ3) is 3.17. The molecule has 0 bridgehead atoms. The third-order valence-electron chi connectivity index (χ3n) is 3.16. The second-order valence-electron chi connectivity index (χ2n) is 4.40.